The number of rotatable bonds is 6. The molecule has 0 aliphatic rings. The minimum Gasteiger partial charge on any atom is -0.382 e. The van der Waals surface area contributed by atoms with Gasteiger partial charge >= 0.3 is 0 Å². The summed E-state index contributed by atoms with van der Waals surface area (Å²) in [5, 5.41) is 2.55. The molecule has 0 spiro atoms. The molecule has 0 aliphatic heterocycles. The van der Waals surface area contributed by atoms with Crippen LogP contribution in [0.3, 0.4) is 0 Å². The number of hydrogen-bond acceptors (Lipinski definition) is 3. The summed E-state index contributed by atoms with van der Waals surface area (Å²) in [7, 11) is 3.16. The molecule has 60 valence electrons. The standard InChI is InChI=1S/C6H13NO3/c1-9-3-6(4-10-2)7-5-8/h5-6H,3-4H2,1-2H3,(H,7,8). The quantitative estimate of drug-likeness (QED) is 0.510. The smallest absolute Gasteiger partial charge is 0.207 e. The highest BCUT2D eigenvalue weighted by Gasteiger charge is 2.04. The zero-order valence-electron chi connectivity index (χ0n) is 6.29. The topological polar surface area (TPSA) is 47.6 Å². The van der Waals surface area contributed by atoms with E-state index < -0.39 is 0 Å². The van der Waals surface area contributed by atoms with Crippen molar-refractivity contribution in [2.45, 2.75) is 6.04 Å². The first-order valence-electron chi connectivity index (χ1n) is 3.02. The molecule has 0 aromatic carbocycles. The zero-order valence-corrected chi connectivity index (χ0v) is 6.29. The Morgan fingerprint density at radius 1 is 1.40 bits per heavy atom. The largest absolute Gasteiger partial charge is 0.382 e. The maximum Gasteiger partial charge on any atom is 0.207 e. The minimum absolute atomic E-state index is 0.0347. The van der Waals surface area contributed by atoms with Gasteiger partial charge in [-0.25, -0.2) is 0 Å². The lowest BCUT2D eigenvalue weighted by Gasteiger charge is -2.12. The van der Waals surface area contributed by atoms with E-state index in [0.29, 0.717) is 19.6 Å². The molecule has 0 aromatic rings. The van der Waals surface area contributed by atoms with Crippen molar-refractivity contribution in [1.82, 2.24) is 5.32 Å². The van der Waals surface area contributed by atoms with Crippen molar-refractivity contribution in [3.8, 4) is 0 Å². The third-order valence-electron chi connectivity index (χ3n) is 1.04. The summed E-state index contributed by atoms with van der Waals surface area (Å²) in [6.45, 7) is 0.958. The molecule has 4 nitrogen and oxygen atoms in total. The number of amides is 1. The van der Waals surface area contributed by atoms with Gasteiger partial charge in [-0.3, -0.25) is 4.79 Å². The van der Waals surface area contributed by atoms with Crippen LogP contribution in [-0.4, -0.2) is 39.9 Å². The molecule has 0 atom stereocenters. The maximum atomic E-state index is 9.94. The number of methoxy groups -OCH3 is 2. The van der Waals surface area contributed by atoms with Crippen molar-refractivity contribution in [1.29, 1.82) is 0 Å². The van der Waals surface area contributed by atoms with Crippen molar-refractivity contribution in [3.05, 3.63) is 0 Å². The summed E-state index contributed by atoms with van der Waals surface area (Å²) >= 11 is 0. The Morgan fingerprint density at radius 2 is 1.90 bits per heavy atom. The summed E-state index contributed by atoms with van der Waals surface area (Å²) < 4.78 is 9.62. The van der Waals surface area contributed by atoms with Crippen LogP contribution < -0.4 is 5.32 Å². The molecule has 1 amide bonds. The molecule has 0 rings (SSSR count). The molecule has 4 heteroatoms. The predicted octanol–water partition coefficient (Wildman–Crippen LogP) is -0.606. The number of carbonyl (C=O) groups excluding carboxylic acids is 1. The van der Waals surface area contributed by atoms with Gasteiger partial charge in [-0.15, -0.1) is 0 Å². The van der Waals surface area contributed by atoms with Crippen molar-refractivity contribution in [2.24, 2.45) is 0 Å². The third-order valence-corrected chi connectivity index (χ3v) is 1.04. The second-order valence-corrected chi connectivity index (χ2v) is 1.89. The monoisotopic (exact) mass is 147 g/mol. The van der Waals surface area contributed by atoms with Gasteiger partial charge in [0.05, 0.1) is 19.3 Å². The molecule has 10 heavy (non-hydrogen) atoms. The van der Waals surface area contributed by atoms with E-state index in [-0.39, 0.29) is 6.04 Å². The van der Waals surface area contributed by atoms with Gasteiger partial charge in [0, 0.05) is 14.2 Å². The summed E-state index contributed by atoms with van der Waals surface area (Å²) in [5.41, 5.74) is 0. The fraction of sp³-hybridized carbons (Fsp3) is 0.833. The predicted molar refractivity (Wildman–Crippen MR) is 36.7 cm³/mol. The van der Waals surface area contributed by atoms with Crippen LogP contribution in [0.25, 0.3) is 0 Å². The van der Waals surface area contributed by atoms with Gasteiger partial charge in [0.2, 0.25) is 6.41 Å². The van der Waals surface area contributed by atoms with Crippen LogP contribution in [0.5, 0.6) is 0 Å². The molecule has 1 N–H and O–H groups in total. The first-order valence-corrected chi connectivity index (χ1v) is 3.02. The Morgan fingerprint density at radius 3 is 2.20 bits per heavy atom. The lowest BCUT2D eigenvalue weighted by atomic mass is 10.3. The average molecular weight is 147 g/mol. The first-order chi connectivity index (χ1) is 4.85. The van der Waals surface area contributed by atoms with Crippen LogP contribution in [0.15, 0.2) is 0 Å². The lowest BCUT2D eigenvalue weighted by Crippen LogP contribution is -2.35. The summed E-state index contributed by atoms with van der Waals surface area (Å²) in [6, 6.07) is -0.0347. The Labute approximate surface area is 60.5 Å². The van der Waals surface area contributed by atoms with Gasteiger partial charge in [0.1, 0.15) is 0 Å². The van der Waals surface area contributed by atoms with E-state index in [1.54, 1.807) is 14.2 Å². The number of hydrogen-bond donors (Lipinski definition) is 1. The zero-order chi connectivity index (χ0) is 7.82. The second kappa shape index (κ2) is 6.51. The van der Waals surface area contributed by atoms with Crippen LogP contribution in [0, 0.1) is 0 Å². The van der Waals surface area contributed by atoms with E-state index in [0.717, 1.165) is 0 Å². The number of ether oxygens (including phenoxy) is 2. The number of nitrogens with one attached hydrogen (secondary N) is 1. The molecular formula is C6H13NO3. The fourth-order valence-corrected chi connectivity index (χ4v) is 0.643. The van der Waals surface area contributed by atoms with Gasteiger partial charge < -0.3 is 14.8 Å². The second-order valence-electron chi connectivity index (χ2n) is 1.89. The van der Waals surface area contributed by atoms with E-state index in [4.69, 9.17) is 9.47 Å². The van der Waals surface area contributed by atoms with E-state index in [2.05, 4.69) is 5.32 Å². The van der Waals surface area contributed by atoms with Crippen LogP contribution >= 0.6 is 0 Å². The molecule has 0 aromatic heterocycles. The maximum absolute atomic E-state index is 9.94. The average Bonchev–Trinajstić information content (AvgIpc) is 1.90. The Kier molecular flexibility index (Phi) is 6.11. The molecule has 0 bridgehead atoms. The van der Waals surface area contributed by atoms with Crippen molar-refractivity contribution >= 4 is 6.41 Å². The van der Waals surface area contributed by atoms with E-state index >= 15 is 0 Å². The fourth-order valence-electron chi connectivity index (χ4n) is 0.643. The molecule has 0 heterocycles. The minimum atomic E-state index is -0.0347. The van der Waals surface area contributed by atoms with Crippen molar-refractivity contribution < 1.29 is 14.3 Å². The Balaban J connectivity index is 3.38. The molecule has 0 radical (unpaired) electrons. The lowest BCUT2D eigenvalue weighted by molar-refractivity contribution is -0.110. The summed E-state index contributed by atoms with van der Waals surface area (Å²) in [4.78, 5) is 9.94. The SMILES string of the molecule is COCC(COC)NC=O. The van der Waals surface area contributed by atoms with Crippen molar-refractivity contribution in [3.63, 3.8) is 0 Å². The highest BCUT2D eigenvalue weighted by molar-refractivity contribution is 5.46. The number of carbonyl (C=O) groups is 1. The van der Waals surface area contributed by atoms with Crippen LogP contribution in [0.1, 0.15) is 0 Å². The van der Waals surface area contributed by atoms with Crippen LogP contribution in [-0.2, 0) is 14.3 Å². The van der Waals surface area contributed by atoms with E-state index in [1.807, 2.05) is 0 Å². The molecule has 0 saturated carbocycles. The third kappa shape index (κ3) is 4.29. The van der Waals surface area contributed by atoms with Gasteiger partial charge in [0.15, 0.2) is 0 Å². The summed E-state index contributed by atoms with van der Waals surface area (Å²) in [5.74, 6) is 0. The van der Waals surface area contributed by atoms with Gasteiger partial charge in [-0.2, -0.15) is 0 Å². The van der Waals surface area contributed by atoms with Gasteiger partial charge in [0.25, 0.3) is 0 Å². The van der Waals surface area contributed by atoms with Gasteiger partial charge in [-0.05, 0) is 0 Å². The van der Waals surface area contributed by atoms with E-state index in [1.165, 1.54) is 0 Å². The molecule has 0 fully saturated rings. The highest BCUT2D eigenvalue weighted by Crippen LogP contribution is 1.83. The molecule has 0 unspecified atom stereocenters. The molecule has 0 aliphatic carbocycles. The van der Waals surface area contributed by atoms with E-state index in [9.17, 15) is 4.79 Å². The first kappa shape index (κ1) is 9.39. The highest BCUT2D eigenvalue weighted by atomic mass is 16.5. The molecular weight excluding hydrogens is 134 g/mol. The normalized spacial score (nSPS) is 9.90. The van der Waals surface area contributed by atoms with Crippen LogP contribution in [0.2, 0.25) is 0 Å². The molecule has 0 saturated heterocycles. The van der Waals surface area contributed by atoms with Crippen molar-refractivity contribution in [2.75, 3.05) is 27.4 Å². The Bertz CT molecular complexity index is 81.1. The Hall–Kier alpha value is -0.610. The van der Waals surface area contributed by atoms with Gasteiger partial charge in [-0.1, -0.05) is 0 Å². The summed E-state index contributed by atoms with van der Waals surface area (Å²) in [6.07, 6.45) is 0.642. The van der Waals surface area contributed by atoms with Crippen LogP contribution in [0.4, 0.5) is 0 Å².